The second-order valence-electron chi connectivity index (χ2n) is 3.82. The van der Waals surface area contributed by atoms with E-state index in [2.05, 4.69) is 25.9 Å². The number of carbonyl (C=O) groups is 1. The first-order chi connectivity index (χ1) is 8.19. The number of hydrogen-bond donors (Lipinski definition) is 3. The van der Waals surface area contributed by atoms with Gasteiger partial charge in [0.25, 0.3) is 0 Å². The molecule has 17 heavy (non-hydrogen) atoms. The Balaban J connectivity index is 1.96. The van der Waals surface area contributed by atoms with Gasteiger partial charge >= 0.3 is 0 Å². The maximum atomic E-state index is 11.0. The molecule has 0 radical (unpaired) electrons. The van der Waals surface area contributed by atoms with E-state index in [1.165, 1.54) is 6.20 Å². The molecule has 1 aliphatic heterocycles. The van der Waals surface area contributed by atoms with Gasteiger partial charge in [0.05, 0.1) is 6.20 Å². The molecular formula is C10H14ClN5O. The first-order valence-corrected chi connectivity index (χ1v) is 5.80. The SMILES string of the molecule is CNc1ncc(Cl)c(NCC2CCC(=O)N2)n1. The molecule has 1 amide bonds. The van der Waals surface area contributed by atoms with E-state index in [0.29, 0.717) is 29.8 Å². The van der Waals surface area contributed by atoms with E-state index in [1.54, 1.807) is 7.05 Å². The molecule has 7 heteroatoms. The molecule has 1 aromatic heterocycles. The molecular weight excluding hydrogens is 242 g/mol. The Morgan fingerprint density at radius 3 is 3.12 bits per heavy atom. The van der Waals surface area contributed by atoms with E-state index in [-0.39, 0.29) is 11.9 Å². The van der Waals surface area contributed by atoms with Gasteiger partial charge in [0.15, 0.2) is 5.82 Å². The summed E-state index contributed by atoms with van der Waals surface area (Å²) >= 11 is 5.96. The van der Waals surface area contributed by atoms with E-state index in [4.69, 9.17) is 11.6 Å². The van der Waals surface area contributed by atoms with Crippen LogP contribution < -0.4 is 16.0 Å². The van der Waals surface area contributed by atoms with Gasteiger partial charge in [0.2, 0.25) is 11.9 Å². The van der Waals surface area contributed by atoms with Crippen molar-refractivity contribution in [3.63, 3.8) is 0 Å². The van der Waals surface area contributed by atoms with Crippen LogP contribution in [0.2, 0.25) is 5.02 Å². The molecule has 6 nitrogen and oxygen atoms in total. The highest BCUT2D eigenvalue weighted by atomic mass is 35.5. The standard InChI is InChI=1S/C10H14ClN5O/c1-12-10-14-5-7(11)9(16-10)13-4-6-2-3-8(17)15-6/h5-6H,2-4H2,1H3,(H,15,17)(H2,12,13,14,16). The van der Waals surface area contributed by atoms with Gasteiger partial charge in [-0.1, -0.05) is 11.6 Å². The van der Waals surface area contributed by atoms with Gasteiger partial charge < -0.3 is 16.0 Å². The molecule has 0 aromatic carbocycles. The van der Waals surface area contributed by atoms with Gasteiger partial charge in [-0.3, -0.25) is 4.79 Å². The van der Waals surface area contributed by atoms with Crippen molar-refractivity contribution in [2.75, 3.05) is 24.2 Å². The molecule has 3 N–H and O–H groups in total. The molecule has 2 rings (SSSR count). The van der Waals surface area contributed by atoms with E-state index >= 15 is 0 Å². The van der Waals surface area contributed by atoms with Crippen molar-refractivity contribution in [3.05, 3.63) is 11.2 Å². The van der Waals surface area contributed by atoms with Crippen LogP contribution in [0, 0.1) is 0 Å². The normalized spacial score (nSPS) is 18.9. The Morgan fingerprint density at radius 2 is 2.47 bits per heavy atom. The van der Waals surface area contributed by atoms with Crippen molar-refractivity contribution in [1.82, 2.24) is 15.3 Å². The van der Waals surface area contributed by atoms with Crippen LogP contribution in [0.4, 0.5) is 11.8 Å². The highest BCUT2D eigenvalue weighted by molar-refractivity contribution is 6.32. The second-order valence-corrected chi connectivity index (χ2v) is 4.23. The average molecular weight is 256 g/mol. The molecule has 0 aliphatic carbocycles. The zero-order valence-electron chi connectivity index (χ0n) is 9.46. The summed E-state index contributed by atoms with van der Waals surface area (Å²) in [4.78, 5) is 19.2. The van der Waals surface area contributed by atoms with Crippen molar-refractivity contribution < 1.29 is 4.79 Å². The Morgan fingerprint density at radius 1 is 1.65 bits per heavy atom. The van der Waals surface area contributed by atoms with Crippen molar-refractivity contribution in [3.8, 4) is 0 Å². The van der Waals surface area contributed by atoms with E-state index < -0.39 is 0 Å². The topological polar surface area (TPSA) is 78.9 Å². The summed E-state index contributed by atoms with van der Waals surface area (Å²) in [6.07, 6.45) is 2.97. The van der Waals surface area contributed by atoms with Gasteiger partial charge in [0, 0.05) is 26.1 Å². The number of nitrogens with one attached hydrogen (secondary N) is 3. The number of hydrogen-bond acceptors (Lipinski definition) is 5. The fraction of sp³-hybridized carbons (Fsp3) is 0.500. The molecule has 1 fully saturated rings. The van der Waals surface area contributed by atoms with Crippen molar-refractivity contribution in [2.24, 2.45) is 0 Å². The molecule has 1 unspecified atom stereocenters. The van der Waals surface area contributed by atoms with Crippen LogP contribution >= 0.6 is 11.6 Å². The van der Waals surface area contributed by atoms with Crippen LogP contribution in [0.5, 0.6) is 0 Å². The number of nitrogens with zero attached hydrogens (tertiary/aromatic N) is 2. The number of aromatic nitrogens is 2. The molecule has 92 valence electrons. The van der Waals surface area contributed by atoms with E-state index in [9.17, 15) is 4.79 Å². The maximum Gasteiger partial charge on any atom is 0.224 e. The fourth-order valence-electron chi connectivity index (χ4n) is 1.66. The smallest absolute Gasteiger partial charge is 0.224 e. The third kappa shape index (κ3) is 2.97. The number of anilines is 2. The fourth-order valence-corrected chi connectivity index (χ4v) is 1.82. The van der Waals surface area contributed by atoms with Crippen LogP contribution in [-0.2, 0) is 4.79 Å². The van der Waals surface area contributed by atoms with E-state index in [1.807, 2.05) is 0 Å². The number of halogens is 1. The Labute approximate surface area is 104 Å². The monoisotopic (exact) mass is 255 g/mol. The third-order valence-corrected chi connectivity index (χ3v) is 2.85. The number of carbonyl (C=O) groups excluding carboxylic acids is 1. The largest absolute Gasteiger partial charge is 0.367 e. The lowest BCUT2D eigenvalue weighted by atomic mass is 10.2. The van der Waals surface area contributed by atoms with Gasteiger partial charge in [0.1, 0.15) is 5.02 Å². The lowest BCUT2D eigenvalue weighted by Gasteiger charge is -2.13. The molecule has 1 saturated heterocycles. The summed E-state index contributed by atoms with van der Waals surface area (Å²) in [5.41, 5.74) is 0. The lowest BCUT2D eigenvalue weighted by molar-refractivity contribution is -0.119. The molecule has 0 saturated carbocycles. The van der Waals surface area contributed by atoms with Crippen molar-refractivity contribution >= 4 is 29.3 Å². The first-order valence-electron chi connectivity index (χ1n) is 5.42. The highest BCUT2D eigenvalue weighted by Gasteiger charge is 2.20. The zero-order chi connectivity index (χ0) is 12.3. The molecule has 1 atom stereocenters. The third-order valence-electron chi connectivity index (χ3n) is 2.57. The van der Waals surface area contributed by atoms with E-state index in [0.717, 1.165) is 6.42 Å². The van der Waals surface area contributed by atoms with Crippen molar-refractivity contribution in [2.45, 2.75) is 18.9 Å². The van der Waals surface area contributed by atoms with Gasteiger partial charge in [-0.05, 0) is 6.42 Å². The van der Waals surface area contributed by atoms with Gasteiger partial charge in [-0.15, -0.1) is 0 Å². The summed E-state index contributed by atoms with van der Waals surface area (Å²) in [6.45, 7) is 0.617. The van der Waals surface area contributed by atoms with Crippen LogP contribution in [0.25, 0.3) is 0 Å². The molecule has 0 bridgehead atoms. The summed E-state index contributed by atoms with van der Waals surface area (Å²) in [6, 6.07) is 0.145. The molecule has 0 spiro atoms. The van der Waals surface area contributed by atoms with Gasteiger partial charge in [-0.25, -0.2) is 4.98 Å². The van der Waals surface area contributed by atoms with Gasteiger partial charge in [-0.2, -0.15) is 4.98 Å². The predicted molar refractivity (Wildman–Crippen MR) is 66.2 cm³/mol. The molecule has 1 aromatic rings. The number of amides is 1. The average Bonchev–Trinajstić information content (AvgIpc) is 2.74. The minimum Gasteiger partial charge on any atom is -0.367 e. The minimum atomic E-state index is 0.0986. The lowest BCUT2D eigenvalue weighted by Crippen LogP contribution is -2.32. The summed E-state index contributed by atoms with van der Waals surface area (Å²) in [5, 5.41) is 9.29. The number of rotatable bonds is 4. The zero-order valence-corrected chi connectivity index (χ0v) is 10.2. The Hall–Kier alpha value is -1.56. The Bertz CT molecular complexity index is 425. The molecule has 2 heterocycles. The maximum absolute atomic E-state index is 11.0. The predicted octanol–water partition coefficient (Wildman–Crippen LogP) is 0.862. The highest BCUT2D eigenvalue weighted by Crippen LogP contribution is 2.19. The quantitative estimate of drug-likeness (QED) is 0.744. The van der Waals surface area contributed by atoms with Crippen molar-refractivity contribution in [1.29, 1.82) is 0 Å². The van der Waals surface area contributed by atoms with Crippen LogP contribution in [-0.4, -0.2) is 35.5 Å². The summed E-state index contributed by atoms with van der Waals surface area (Å²) in [7, 11) is 1.74. The summed E-state index contributed by atoms with van der Waals surface area (Å²) in [5.74, 6) is 1.18. The molecule has 1 aliphatic rings. The van der Waals surface area contributed by atoms with Crippen LogP contribution in [0.3, 0.4) is 0 Å². The first kappa shape index (κ1) is 11.9. The van der Waals surface area contributed by atoms with Crippen LogP contribution in [0.1, 0.15) is 12.8 Å². The Kier molecular flexibility index (Phi) is 3.63. The second kappa shape index (κ2) is 5.18. The van der Waals surface area contributed by atoms with Crippen LogP contribution in [0.15, 0.2) is 6.20 Å². The summed E-state index contributed by atoms with van der Waals surface area (Å²) < 4.78 is 0. The minimum absolute atomic E-state index is 0.0986.